The summed E-state index contributed by atoms with van der Waals surface area (Å²) in [4.78, 5) is 15.5. The number of carboxylic acids is 1. The van der Waals surface area contributed by atoms with E-state index in [1.54, 1.807) is 34.9 Å². The summed E-state index contributed by atoms with van der Waals surface area (Å²) in [5, 5.41) is 8.98. The van der Waals surface area contributed by atoms with Crippen molar-refractivity contribution in [2.75, 3.05) is 0 Å². The molecule has 1 N–H and O–H groups in total. The van der Waals surface area contributed by atoms with Gasteiger partial charge in [0.15, 0.2) is 0 Å². The lowest BCUT2D eigenvalue weighted by molar-refractivity contribution is -0.137. The van der Waals surface area contributed by atoms with Crippen LogP contribution in [0.25, 0.3) is 5.65 Å². The van der Waals surface area contributed by atoms with Crippen LogP contribution in [0.15, 0.2) is 72.9 Å². The van der Waals surface area contributed by atoms with Gasteiger partial charge >= 0.3 is 12.1 Å². The van der Waals surface area contributed by atoms with Gasteiger partial charge in [0.05, 0.1) is 24.3 Å². The van der Waals surface area contributed by atoms with E-state index in [1.165, 1.54) is 24.3 Å². The number of ether oxygens (including phenoxy) is 1. The molecule has 33 heavy (non-hydrogen) atoms. The molecule has 0 saturated carbocycles. The van der Waals surface area contributed by atoms with E-state index in [0.29, 0.717) is 17.0 Å². The van der Waals surface area contributed by atoms with E-state index in [9.17, 15) is 18.0 Å². The third kappa shape index (κ3) is 5.22. The third-order valence-corrected chi connectivity index (χ3v) is 4.83. The first-order valence-electron chi connectivity index (χ1n) is 9.86. The van der Waals surface area contributed by atoms with Crippen LogP contribution < -0.4 is 0 Å². The van der Waals surface area contributed by atoms with Crippen LogP contribution in [0.4, 0.5) is 13.2 Å². The Hall–Kier alpha value is -4.09. The molecule has 0 atom stereocenters. The highest BCUT2D eigenvalue weighted by Crippen LogP contribution is 2.29. The van der Waals surface area contributed by atoms with Gasteiger partial charge in [-0.05, 0) is 53.9 Å². The SMILES string of the molecule is O=C(O)c1ccc(COCc2nc3ccccn3c2C#Cc2cccc(C(F)(F)F)c2)cc1. The van der Waals surface area contributed by atoms with Crippen LogP contribution in [-0.2, 0) is 24.1 Å². The normalized spacial score (nSPS) is 11.2. The Balaban J connectivity index is 1.57. The quantitative estimate of drug-likeness (QED) is 0.426. The minimum absolute atomic E-state index is 0.120. The van der Waals surface area contributed by atoms with Gasteiger partial charge in [0, 0.05) is 11.8 Å². The molecule has 0 aliphatic carbocycles. The highest BCUT2D eigenvalue weighted by Gasteiger charge is 2.30. The Morgan fingerprint density at radius 2 is 1.79 bits per heavy atom. The smallest absolute Gasteiger partial charge is 0.416 e. The summed E-state index contributed by atoms with van der Waals surface area (Å²) in [7, 11) is 0. The van der Waals surface area contributed by atoms with E-state index in [1.807, 2.05) is 6.07 Å². The molecule has 0 radical (unpaired) electrons. The van der Waals surface area contributed by atoms with Gasteiger partial charge in [-0.25, -0.2) is 9.78 Å². The molecule has 0 spiro atoms. The van der Waals surface area contributed by atoms with Gasteiger partial charge in [0.1, 0.15) is 17.0 Å². The summed E-state index contributed by atoms with van der Waals surface area (Å²) in [6.45, 7) is 0.350. The van der Waals surface area contributed by atoms with Gasteiger partial charge < -0.3 is 9.84 Å². The number of hydrogen-bond acceptors (Lipinski definition) is 3. The lowest BCUT2D eigenvalue weighted by Gasteiger charge is -2.06. The Labute approximate surface area is 187 Å². The molecule has 2 heterocycles. The molecule has 0 fully saturated rings. The molecule has 166 valence electrons. The fraction of sp³-hybridized carbons (Fsp3) is 0.120. The predicted molar refractivity (Wildman–Crippen MR) is 115 cm³/mol. The largest absolute Gasteiger partial charge is 0.478 e. The second-order valence-corrected chi connectivity index (χ2v) is 7.16. The average Bonchev–Trinajstić information content (AvgIpc) is 3.15. The van der Waals surface area contributed by atoms with Crippen molar-refractivity contribution in [3.8, 4) is 11.8 Å². The van der Waals surface area contributed by atoms with Crippen LogP contribution in [0.1, 0.15) is 38.4 Å². The molecule has 5 nitrogen and oxygen atoms in total. The average molecular weight is 450 g/mol. The number of aromatic carboxylic acids is 1. The van der Waals surface area contributed by atoms with Gasteiger partial charge in [0.2, 0.25) is 0 Å². The molecule has 4 rings (SSSR count). The number of halogens is 3. The van der Waals surface area contributed by atoms with E-state index in [-0.39, 0.29) is 24.3 Å². The van der Waals surface area contributed by atoms with Crippen molar-refractivity contribution in [1.82, 2.24) is 9.38 Å². The van der Waals surface area contributed by atoms with Gasteiger partial charge in [-0.15, -0.1) is 0 Å². The van der Waals surface area contributed by atoms with Crippen molar-refractivity contribution < 1.29 is 27.8 Å². The van der Waals surface area contributed by atoms with Crippen LogP contribution in [0, 0.1) is 11.8 Å². The lowest BCUT2D eigenvalue weighted by Crippen LogP contribution is -2.04. The first-order valence-corrected chi connectivity index (χ1v) is 9.86. The van der Waals surface area contributed by atoms with Gasteiger partial charge in [0.25, 0.3) is 0 Å². The first kappa shape index (κ1) is 22.1. The van der Waals surface area contributed by atoms with Crippen LogP contribution in [0.2, 0.25) is 0 Å². The fourth-order valence-electron chi connectivity index (χ4n) is 3.19. The van der Waals surface area contributed by atoms with E-state index in [2.05, 4.69) is 16.8 Å². The zero-order valence-electron chi connectivity index (χ0n) is 17.1. The standard InChI is InChI=1S/C25H17F3N2O3/c26-25(27,28)20-5-3-4-17(14-20)9-12-22-21(29-23-6-1-2-13-30(22)23)16-33-15-18-7-10-19(11-8-18)24(31)32/h1-8,10-11,13-14H,15-16H2,(H,31,32). The number of alkyl halides is 3. The Morgan fingerprint density at radius 3 is 2.52 bits per heavy atom. The maximum absolute atomic E-state index is 13.0. The number of rotatable bonds is 5. The van der Waals surface area contributed by atoms with E-state index in [4.69, 9.17) is 9.84 Å². The number of carbonyl (C=O) groups is 1. The van der Waals surface area contributed by atoms with Crippen LogP contribution in [0.5, 0.6) is 0 Å². The van der Waals surface area contributed by atoms with Gasteiger partial charge in [-0.3, -0.25) is 4.40 Å². The molecular weight excluding hydrogens is 433 g/mol. The molecule has 2 aromatic carbocycles. The summed E-state index contributed by atoms with van der Waals surface area (Å²) in [5.74, 6) is 4.73. The number of carboxylic acid groups (broad SMARTS) is 1. The molecule has 0 saturated heterocycles. The Bertz CT molecular complexity index is 1360. The number of fused-ring (bicyclic) bond motifs is 1. The highest BCUT2D eigenvalue weighted by molar-refractivity contribution is 5.87. The van der Waals surface area contributed by atoms with Gasteiger partial charge in [-0.1, -0.05) is 30.2 Å². The molecular formula is C25H17F3N2O3. The molecule has 0 aliphatic heterocycles. The second kappa shape index (κ2) is 9.18. The van der Waals surface area contributed by atoms with E-state index < -0.39 is 17.7 Å². The van der Waals surface area contributed by atoms with E-state index in [0.717, 1.165) is 17.7 Å². The number of pyridine rings is 1. The zero-order valence-corrected chi connectivity index (χ0v) is 17.1. The molecule has 0 amide bonds. The van der Waals surface area contributed by atoms with Crippen molar-refractivity contribution in [1.29, 1.82) is 0 Å². The van der Waals surface area contributed by atoms with Crippen molar-refractivity contribution in [2.45, 2.75) is 19.4 Å². The number of aromatic nitrogens is 2. The predicted octanol–water partition coefficient (Wildman–Crippen LogP) is 5.17. The lowest BCUT2D eigenvalue weighted by atomic mass is 10.1. The third-order valence-electron chi connectivity index (χ3n) is 4.83. The molecule has 0 unspecified atom stereocenters. The maximum Gasteiger partial charge on any atom is 0.416 e. The van der Waals surface area contributed by atoms with Crippen molar-refractivity contribution >= 4 is 11.6 Å². The summed E-state index contributed by atoms with van der Waals surface area (Å²) in [5.41, 5.74) is 2.15. The fourth-order valence-corrected chi connectivity index (χ4v) is 3.19. The van der Waals surface area contributed by atoms with Crippen LogP contribution in [-0.4, -0.2) is 20.5 Å². The summed E-state index contributed by atoms with van der Waals surface area (Å²) >= 11 is 0. The van der Waals surface area contributed by atoms with E-state index >= 15 is 0 Å². The van der Waals surface area contributed by atoms with Crippen LogP contribution in [0.3, 0.4) is 0 Å². The topological polar surface area (TPSA) is 63.8 Å². The Morgan fingerprint density at radius 1 is 1.00 bits per heavy atom. The van der Waals surface area contributed by atoms with Crippen molar-refractivity contribution in [2.24, 2.45) is 0 Å². The number of nitrogens with zero attached hydrogens (tertiary/aromatic N) is 2. The monoisotopic (exact) mass is 450 g/mol. The summed E-state index contributed by atoms with van der Waals surface area (Å²) < 4.78 is 46.5. The molecule has 0 aliphatic rings. The minimum atomic E-state index is -4.44. The van der Waals surface area contributed by atoms with Crippen LogP contribution >= 0.6 is 0 Å². The number of benzene rings is 2. The molecule has 2 aromatic heterocycles. The summed E-state index contributed by atoms with van der Waals surface area (Å²) in [6.07, 6.45) is -2.67. The van der Waals surface area contributed by atoms with Crippen molar-refractivity contribution in [3.05, 3.63) is 107 Å². The van der Waals surface area contributed by atoms with Gasteiger partial charge in [-0.2, -0.15) is 13.2 Å². The van der Waals surface area contributed by atoms with Crippen molar-refractivity contribution in [3.63, 3.8) is 0 Å². The Kier molecular flexibility index (Phi) is 6.16. The number of imidazole rings is 1. The first-order chi connectivity index (χ1) is 15.8. The molecule has 0 bridgehead atoms. The summed E-state index contributed by atoms with van der Waals surface area (Å²) in [6, 6.07) is 16.6. The molecule has 8 heteroatoms. The highest BCUT2D eigenvalue weighted by atomic mass is 19.4. The zero-order chi connectivity index (χ0) is 23.4. The minimum Gasteiger partial charge on any atom is -0.478 e. The second-order valence-electron chi connectivity index (χ2n) is 7.16. The number of hydrogen-bond donors (Lipinski definition) is 1. The maximum atomic E-state index is 13.0. The molecule has 4 aromatic rings.